The van der Waals surface area contributed by atoms with E-state index in [1.54, 1.807) is 17.0 Å². The van der Waals surface area contributed by atoms with Crippen LogP contribution in [0.5, 0.6) is 0 Å². The molecule has 0 radical (unpaired) electrons. The molecule has 0 spiro atoms. The summed E-state index contributed by atoms with van der Waals surface area (Å²) in [5, 5.41) is 2.57. The van der Waals surface area contributed by atoms with Crippen molar-refractivity contribution in [1.82, 2.24) is 9.55 Å². The summed E-state index contributed by atoms with van der Waals surface area (Å²) in [5.41, 5.74) is 1.65. The standard InChI is InChI=1S/C22H21FN4O3/c23-15-7-1-2-8-16(15)24-20(28)12-19-21(29)26(13-14-6-5-11-30-14)22-25-17-9-3-4-10-18(17)27(19)22/h1-4,7-10,14,19H,5-6,11-13H2,(H,24,28)/t14-,19-/m1/s1. The molecule has 2 aliphatic rings. The highest BCUT2D eigenvalue weighted by atomic mass is 19.1. The molecule has 7 nitrogen and oxygen atoms in total. The molecule has 5 rings (SSSR count). The zero-order chi connectivity index (χ0) is 20.7. The van der Waals surface area contributed by atoms with E-state index >= 15 is 0 Å². The summed E-state index contributed by atoms with van der Waals surface area (Å²) in [4.78, 5) is 32.2. The summed E-state index contributed by atoms with van der Waals surface area (Å²) in [6.07, 6.45) is 1.72. The molecule has 154 valence electrons. The van der Waals surface area contributed by atoms with Gasteiger partial charge in [0.25, 0.3) is 5.91 Å². The maximum Gasteiger partial charge on any atom is 0.253 e. The summed E-state index contributed by atoms with van der Waals surface area (Å²) in [5.74, 6) is -0.610. The molecular formula is C22H21FN4O3. The molecular weight excluding hydrogens is 387 g/mol. The van der Waals surface area contributed by atoms with Gasteiger partial charge in [0, 0.05) is 6.61 Å². The van der Waals surface area contributed by atoms with Crippen molar-refractivity contribution in [2.75, 3.05) is 23.4 Å². The molecule has 0 aliphatic carbocycles. The molecule has 1 N–H and O–H groups in total. The van der Waals surface area contributed by atoms with E-state index < -0.39 is 17.8 Å². The van der Waals surface area contributed by atoms with Crippen LogP contribution in [-0.4, -0.2) is 40.6 Å². The van der Waals surface area contributed by atoms with Crippen molar-refractivity contribution in [3.05, 3.63) is 54.3 Å². The van der Waals surface area contributed by atoms with Crippen molar-refractivity contribution in [3.63, 3.8) is 0 Å². The first-order valence-corrected chi connectivity index (χ1v) is 10.1. The van der Waals surface area contributed by atoms with E-state index in [1.807, 2.05) is 28.8 Å². The Morgan fingerprint density at radius 2 is 2.00 bits per heavy atom. The third kappa shape index (κ3) is 3.23. The summed E-state index contributed by atoms with van der Waals surface area (Å²) < 4.78 is 21.4. The average Bonchev–Trinajstić information content (AvgIpc) is 3.44. The minimum atomic E-state index is -0.736. The monoisotopic (exact) mass is 408 g/mol. The second kappa shape index (κ2) is 7.53. The van der Waals surface area contributed by atoms with E-state index in [9.17, 15) is 14.0 Å². The van der Waals surface area contributed by atoms with E-state index in [4.69, 9.17) is 4.74 Å². The lowest BCUT2D eigenvalue weighted by Crippen LogP contribution is -2.37. The van der Waals surface area contributed by atoms with Gasteiger partial charge in [0.15, 0.2) is 0 Å². The van der Waals surface area contributed by atoms with Crippen LogP contribution in [0.15, 0.2) is 48.5 Å². The number of anilines is 2. The summed E-state index contributed by atoms with van der Waals surface area (Å²) in [6, 6.07) is 12.8. The number of carbonyl (C=O) groups is 2. The molecule has 1 fully saturated rings. The maximum atomic E-state index is 13.9. The number of nitrogens with one attached hydrogen (secondary N) is 1. The van der Waals surface area contributed by atoms with Gasteiger partial charge in [-0.25, -0.2) is 9.37 Å². The molecule has 2 aromatic carbocycles. The summed E-state index contributed by atoms with van der Waals surface area (Å²) in [6.45, 7) is 1.10. The molecule has 2 atom stereocenters. The normalized spacial score (nSPS) is 20.7. The third-order valence-electron chi connectivity index (χ3n) is 5.62. The number of carbonyl (C=O) groups excluding carboxylic acids is 2. The smallest absolute Gasteiger partial charge is 0.253 e. The van der Waals surface area contributed by atoms with Gasteiger partial charge < -0.3 is 10.1 Å². The third-order valence-corrected chi connectivity index (χ3v) is 5.62. The Labute approximate surface area is 172 Å². The number of hydrogen-bond donors (Lipinski definition) is 1. The lowest BCUT2D eigenvalue weighted by molar-refractivity contribution is -0.124. The van der Waals surface area contributed by atoms with Crippen LogP contribution in [0.3, 0.4) is 0 Å². The number of benzene rings is 2. The Bertz CT molecular complexity index is 1120. The Morgan fingerprint density at radius 1 is 1.20 bits per heavy atom. The number of hydrogen-bond acceptors (Lipinski definition) is 4. The number of rotatable bonds is 5. The van der Waals surface area contributed by atoms with Crippen molar-refractivity contribution in [3.8, 4) is 0 Å². The Hall–Kier alpha value is -3.26. The first-order valence-electron chi connectivity index (χ1n) is 10.1. The molecule has 0 saturated carbocycles. The fraction of sp³-hybridized carbons (Fsp3) is 0.318. The predicted octanol–water partition coefficient (Wildman–Crippen LogP) is 3.27. The Kier molecular flexibility index (Phi) is 4.71. The van der Waals surface area contributed by atoms with Gasteiger partial charge in [-0.3, -0.25) is 19.1 Å². The first-order chi connectivity index (χ1) is 14.6. The molecule has 1 aromatic heterocycles. The van der Waals surface area contributed by atoms with Gasteiger partial charge in [0.2, 0.25) is 11.9 Å². The number of fused-ring (bicyclic) bond motifs is 3. The lowest BCUT2D eigenvalue weighted by Gasteiger charge is -2.19. The fourth-order valence-corrected chi connectivity index (χ4v) is 4.20. The van der Waals surface area contributed by atoms with Crippen molar-refractivity contribution in [2.24, 2.45) is 0 Å². The SMILES string of the molecule is O=C(C[C@@H]1C(=O)N(C[C@H]2CCCO2)c2nc3ccccc3n21)Nc1ccccc1F. The highest BCUT2D eigenvalue weighted by Gasteiger charge is 2.42. The van der Waals surface area contributed by atoms with Crippen LogP contribution >= 0.6 is 0 Å². The number of aromatic nitrogens is 2. The summed E-state index contributed by atoms with van der Waals surface area (Å²) in [7, 11) is 0. The van der Waals surface area contributed by atoms with Gasteiger partial charge in [0.05, 0.1) is 35.8 Å². The quantitative estimate of drug-likeness (QED) is 0.703. The van der Waals surface area contributed by atoms with Crippen LogP contribution in [0.4, 0.5) is 16.0 Å². The van der Waals surface area contributed by atoms with Crippen LogP contribution in [0, 0.1) is 5.82 Å². The average molecular weight is 408 g/mol. The predicted molar refractivity (Wildman–Crippen MR) is 110 cm³/mol. The van der Waals surface area contributed by atoms with Crippen molar-refractivity contribution in [1.29, 1.82) is 0 Å². The van der Waals surface area contributed by atoms with Gasteiger partial charge in [0.1, 0.15) is 11.9 Å². The van der Waals surface area contributed by atoms with Crippen LogP contribution < -0.4 is 10.2 Å². The molecule has 3 aromatic rings. The summed E-state index contributed by atoms with van der Waals surface area (Å²) >= 11 is 0. The molecule has 1 saturated heterocycles. The molecule has 0 bridgehead atoms. The van der Waals surface area contributed by atoms with Gasteiger partial charge in [-0.1, -0.05) is 24.3 Å². The number of imidazole rings is 1. The lowest BCUT2D eigenvalue weighted by atomic mass is 10.1. The van der Waals surface area contributed by atoms with Crippen molar-refractivity contribution < 1.29 is 18.7 Å². The minimum Gasteiger partial charge on any atom is -0.376 e. The van der Waals surface area contributed by atoms with Crippen LogP contribution in [0.25, 0.3) is 11.0 Å². The van der Waals surface area contributed by atoms with Gasteiger partial charge in [-0.15, -0.1) is 0 Å². The van der Waals surface area contributed by atoms with E-state index in [0.29, 0.717) is 19.1 Å². The molecule has 0 unspecified atom stereocenters. The molecule has 3 heterocycles. The number of para-hydroxylation sites is 3. The Morgan fingerprint density at radius 3 is 2.80 bits per heavy atom. The minimum absolute atomic E-state index is 0.0341. The Balaban J connectivity index is 1.45. The highest BCUT2D eigenvalue weighted by Crippen LogP contribution is 2.37. The number of amides is 2. The zero-order valence-electron chi connectivity index (χ0n) is 16.3. The zero-order valence-corrected chi connectivity index (χ0v) is 16.3. The van der Waals surface area contributed by atoms with E-state index in [2.05, 4.69) is 10.3 Å². The van der Waals surface area contributed by atoms with Crippen molar-refractivity contribution in [2.45, 2.75) is 31.4 Å². The number of nitrogens with zero attached hydrogens (tertiary/aromatic N) is 3. The van der Waals surface area contributed by atoms with Gasteiger partial charge in [-0.2, -0.15) is 0 Å². The van der Waals surface area contributed by atoms with Crippen molar-refractivity contribution >= 4 is 34.5 Å². The van der Waals surface area contributed by atoms with E-state index in [-0.39, 0.29) is 24.1 Å². The fourth-order valence-electron chi connectivity index (χ4n) is 4.20. The molecule has 30 heavy (non-hydrogen) atoms. The maximum absolute atomic E-state index is 13.9. The first kappa shape index (κ1) is 18.7. The second-order valence-corrected chi connectivity index (χ2v) is 7.60. The van der Waals surface area contributed by atoms with Gasteiger partial charge >= 0.3 is 0 Å². The van der Waals surface area contributed by atoms with E-state index in [1.165, 1.54) is 12.1 Å². The highest BCUT2D eigenvalue weighted by molar-refractivity contribution is 6.05. The molecule has 2 amide bonds. The topological polar surface area (TPSA) is 76.5 Å². The van der Waals surface area contributed by atoms with Crippen LogP contribution in [0.1, 0.15) is 25.3 Å². The van der Waals surface area contributed by atoms with Crippen LogP contribution in [-0.2, 0) is 14.3 Å². The van der Waals surface area contributed by atoms with Gasteiger partial charge in [-0.05, 0) is 37.1 Å². The number of halogens is 1. The van der Waals surface area contributed by atoms with E-state index in [0.717, 1.165) is 23.9 Å². The number of ether oxygens (including phenoxy) is 1. The molecule has 2 aliphatic heterocycles. The largest absolute Gasteiger partial charge is 0.376 e. The second-order valence-electron chi connectivity index (χ2n) is 7.60. The van der Waals surface area contributed by atoms with Crippen LogP contribution in [0.2, 0.25) is 0 Å². The molecule has 8 heteroatoms.